The van der Waals surface area contributed by atoms with Crippen molar-refractivity contribution in [2.45, 2.75) is 35.0 Å². The minimum Gasteiger partial charge on any atom is -0.406 e. The Kier molecular flexibility index (Phi) is 5.93. The quantitative estimate of drug-likeness (QED) is 0.677. The number of sulfonamides is 1. The summed E-state index contributed by atoms with van der Waals surface area (Å²) in [5, 5.41) is 0. The highest BCUT2D eigenvalue weighted by Crippen LogP contribution is 2.30. The van der Waals surface area contributed by atoms with Gasteiger partial charge in [0.05, 0.1) is 15.5 Å². The number of hydrogen-bond acceptors (Lipinski definition) is 5. The normalized spacial score (nSPS) is 18.7. The van der Waals surface area contributed by atoms with Crippen molar-refractivity contribution in [2.24, 2.45) is 0 Å². The van der Waals surface area contributed by atoms with E-state index in [-0.39, 0.29) is 22.1 Å². The van der Waals surface area contributed by atoms with Crippen LogP contribution in [0.15, 0.2) is 64.4 Å². The van der Waals surface area contributed by atoms with Gasteiger partial charge in [0.25, 0.3) is 0 Å². The Labute approximate surface area is 166 Å². The summed E-state index contributed by atoms with van der Waals surface area (Å²) in [5.41, 5.74) is 0. The molecule has 0 bridgehead atoms. The topological polar surface area (TPSA) is 80.8 Å². The van der Waals surface area contributed by atoms with Gasteiger partial charge in [-0.25, -0.2) is 16.8 Å². The van der Waals surface area contributed by atoms with E-state index in [1.807, 2.05) is 0 Å². The Hall–Kier alpha value is -2.11. The van der Waals surface area contributed by atoms with Crippen molar-refractivity contribution >= 4 is 19.9 Å². The van der Waals surface area contributed by atoms with Gasteiger partial charge >= 0.3 is 6.36 Å². The average Bonchev–Trinajstić information content (AvgIpc) is 3.10. The van der Waals surface area contributed by atoms with Crippen LogP contribution in [0.25, 0.3) is 0 Å². The lowest BCUT2D eigenvalue weighted by molar-refractivity contribution is -0.274. The second kappa shape index (κ2) is 7.96. The van der Waals surface area contributed by atoms with Crippen LogP contribution in [-0.2, 0) is 19.9 Å². The van der Waals surface area contributed by atoms with Gasteiger partial charge in [-0.15, -0.1) is 13.2 Å². The zero-order valence-electron chi connectivity index (χ0n) is 15.0. The second-order valence-electron chi connectivity index (χ2n) is 6.53. The number of ether oxygens (including phenoxy) is 1. The number of hydrogen-bond donors (Lipinski definition) is 0. The van der Waals surface area contributed by atoms with Crippen LogP contribution in [0.3, 0.4) is 0 Å². The maximum atomic E-state index is 12.9. The molecule has 1 aliphatic rings. The van der Waals surface area contributed by atoms with E-state index in [4.69, 9.17) is 0 Å². The van der Waals surface area contributed by atoms with E-state index in [0.717, 1.165) is 28.6 Å². The molecule has 158 valence electrons. The highest BCUT2D eigenvalue weighted by atomic mass is 32.2. The molecule has 0 radical (unpaired) electrons. The third-order valence-corrected chi connectivity index (χ3v) is 8.28. The van der Waals surface area contributed by atoms with Gasteiger partial charge in [-0.3, -0.25) is 0 Å². The lowest BCUT2D eigenvalue weighted by Crippen LogP contribution is -2.39. The lowest BCUT2D eigenvalue weighted by Gasteiger charge is -2.24. The molecule has 1 aliphatic heterocycles. The first-order valence-corrected chi connectivity index (χ1v) is 11.7. The Morgan fingerprint density at radius 1 is 0.931 bits per heavy atom. The summed E-state index contributed by atoms with van der Waals surface area (Å²) in [5.74, 6) is -0.910. The molecule has 2 aromatic carbocycles. The fourth-order valence-electron chi connectivity index (χ4n) is 3.22. The van der Waals surface area contributed by atoms with E-state index < -0.39 is 38.0 Å². The predicted molar refractivity (Wildman–Crippen MR) is 98.5 cm³/mol. The van der Waals surface area contributed by atoms with Crippen LogP contribution in [0.1, 0.15) is 12.8 Å². The second-order valence-corrected chi connectivity index (χ2v) is 10.5. The van der Waals surface area contributed by atoms with E-state index in [1.165, 1.54) is 12.1 Å². The fraction of sp³-hybridized carbons (Fsp3) is 0.333. The maximum absolute atomic E-state index is 12.9. The first kappa shape index (κ1) is 21.6. The van der Waals surface area contributed by atoms with Gasteiger partial charge in [0.1, 0.15) is 5.75 Å². The number of nitrogens with zero attached hydrogens (tertiary/aromatic N) is 1. The first-order chi connectivity index (χ1) is 13.5. The molecule has 29 heavy (non-hydrogen) atoms. The van der Waals surface area contributed by atoms with E-state index >= 15 is 0 Å². The van der Waals surface area contributed by atoms with E-state index in [9.17, 15) is 30.0 Å². The molecule has 1 heterocycles. The van der Waals surface area contributed by atoms with Crippen LogP contribution in [0, 0.1) is 0 Å². The molecule has 6 nitrogen and oxygen atoms in total. The van der Waals surface area contributed by atoms with Crippen LogP contribution in [-0.4, -0.2) is 45.8 Å². The molecule has 0 N–H and O–H groups in total. The van der Waals surface area contributed by atoms with Gasteiger partial charge in [0.15, 0.2) is 9.84 Å². The summed E-state index contributed by atoms with van der Waals surface area (Å²) in [6.45, 7) is 0.137. The van der Waals surface area contributed by atoms with Crippen LogP contribution >= 0.6 is 0 Å². The van der Waals surface area contributed by atoms with Crippen LogP contribution in [0.4, 0.5) is 13.2 Å². The highest BCUT2D eigenvalue weighted by Gasteiger charge is 2.38. The number of rotatable bonds is 6. The highest BCUT2D eigenvalue weighted by molar-refractivity contribution is 7.91. The Morgan fingerprint density at radius 2 is 1.55 bits per heavy atom. The molecule has 3 rings (SSSR count). The smallest absolute Gasteiger partial charge is 0.406 e. The number of alkyl halides is 3. The lowest BCUT2D eigenvalue weighted by atomic mass is 10.3. The largest absolute Gasteiger partial charge is 0.573 e. The van der Waals surface area contributed by atoms with Gasteiger partial charge in [0.2, 0.25) is 10.0 Å². The zero-order chi connectivity index (χ0) is 21.3. The summed E-state index contributed by atoms with van der Waals surface area (Å²) in [7, 11) is -7.77. The number of benzene rings is 2. The summed E-state index contributed by atoms with van der Waals surface area (Å²) in [6, 6.07) is 10.8. The predicted octanol–water partition coefficient (Wildman–Crippen LogP) is 3.21. The van der Waals surface area contributed by atoms with Crippen molar-refractivity contribution in [3.05, 3.63) is 54.6 Å². The number of sulfone groups is 1. The molecule has 0 spiro atoms. The molecular formula is C18H18F3NO5S2. The minimum atomic E-state index is -4.88. The summed E-state index contributed by atoms with van der Waals surface area (Å²) in [6.07, 6.45) is -4.02. The minimum absolute atomic E-state index is 0.109. The van der Waals surface area contributed by atoms with Crippen LogP contribution in [0.2, 0.25) is 0 Å². The molecule has 1 saturated heterocycles. The molecular weight excluding hydrogens is 431 g/mol. The molecule has 1 fully saturated rings. The monoisotopic (exact) mass is 449 g/mol. The van der Waals surface area contributed by atoms with Gasteiger partial charge in [-0.2, -0.15) is 4.31 Å². The van der Waals surface area contributed by atoms with Crippen molar-refractivity contribution in [1.82, 2.24) is 4.31 Å². The van der Waals surface area contributed by atoms with E-state index in [0.29, 0.717) is 12.8 Å². The van der Waals surface area contributed by atoms with Gasteiger partial charge in [-0.1, -0.05) is 18.2 Å². The zero-order valence-corrected chi connectivity index (χ0v) is 16.7. The van der Waals surface area contributed by atoms with Crippen molar-refractivity contribution in [2.75, 3.05) is 12.3 Å². The summed E-state index contributed by atoms with van der Waals surface area (Å²) in [4.78, 5) is -0.117. The summed E-state index contributed by atoms with van der Waals surface area (Å²) < 4.78 is 92.8. The third kappa shape index (κ3) is 5.09. The Morgan fingerprint density at radius 3 is 2.14 bits per heavy atom. The molecule has 1 atom stereocenters. The van der Waals surface area contributed by atoms with E-state index in [2.05, 4.69) is 4.74 Å². The molecule has 0 aliphatic carbocycles. The molecule has 1 unspecified atom stereocenters. The molecule has 0 amide bonds. The average molecular weight is 449 g/mol. The number of halogens is 3. The first-order valence-electron chi connectivity index (χ1n) is 8.64. The SMILES string of the molecule is O=S(=O)(CC1CCCN1S(=O)(=O)c1ccc(OC(F)(F)F)cc1)c1ccccc1. The molecule has 2 aromatic rings. The van der Waals surface area contributed by atoms with Crippen molar-refractivity contribution < 1.29 is 34.7 Å². The molecule has 0 saturated carbocycles. The van der Waals surface area contributed by atoms with Gasteiger partial charge in [0, 0.05) is 12.6 Å². The third-order valence-electron chi connectivity index (χ3n) is 4.50. The molecule has 11 heteroatoms. The van der Waals surface area contributed by atoms with Gasteiger partial charge < -0.3 is 4.74 Å². The fourth-order valence-corrected chi connectivity index (χ4v) is 6.62. The Balaban J connectivity index is 1.81. The van der Waals surface area contributed by atoms with Crippen molar-refractivity contribution in [3.63, 3.8) is 0 Å². The van der Waals surface area contributed by atoms with Crippen LogP contribution in [0.5, 0.6) is 5.75 Å². The maximum Gasteiger partial charge on any atom is 0.573 e. The van der Waals surface area contributed by atoms with Crippen LogP contribution < -0.4 is 4.74 Å². The van der Waals surface area contributed by atoms with Crippen molar-refractivity contribution in [1.29, 1.82) is 0 Å². The molecule has 0 aromatic heterocycles. The van der Waals surface area contributed by atoms with Crippen molar-refractivity contribution in [3.8, 4) is 5.75 Å². The standard InChI is InChI=1S/C18H18F3NO5S2/c19-18(20,21)27-15-8-10-17(11-9-15)29(25,26)22-12-4-5-14(22)13-28(23,24)16-6-2-1-3-7-16/h1-3,6-11,14H,4-5,12-13H2. The van der Waals surface area contributed by atoms with Gasteiger partial charge in [-0.05, 0) is 49.2 Å². The Bertz CT molecular complexity index is 1050. The van der Waals surface area contributed by atoms with E-state index in [1.54, 1.807) is 18.2 Å². The summed E-state index contributed by atoms with van der Waals surface area (Å²) >= 11 is 0.